The van der Waals surface area contributed by atoms with E-state index in [9.17, 15) is 15.0 Å². The maximum atomic E-state index is 11.9. The fraction of sp³-hybridized carbons (Fsp3) is 0.100. The van der Waals surface area contributed by atoms with Crippen LogP contribution in [0, 0.1) is 12.3 Å². The lowest BCUT2D eigenvalue weighted by Gasteiger charge is -2.13. The molecule has 25 heavy (non-hydrogen) atoms. The highest BCUT2D eigenvalue weighted by atomic mass is 16.5. The minimum absolute atomic E-state index is 0.274. The van der Waals surface area contributed by atoms with Crippen LogP contribution in [0.15, 0.2) is 66.2 Å². The summed E-state index contributed by atoms with van der Waals surface area (Å²) in [6, 6.07) is 13.9. The SMILES string of the molecule is C#Cc1ccc2c(c1)C(c1ccccc1)=NC(O)(O)C(=O)N2.C=CC. The molecule has 1 aliphatic heterocycles. The standard InChI is InChI=1S/C17H12N2O3.C3H6/c1-2-11-8-9-14-13(10-11)15(12-6-4-3-5-7-12)19-17(21,22)16(20)18-14;1-3-2/h1,3-10,21-22H,(H,18,20);3H,1H2,2H3. The highest BCUT2D eigenvalue weighted by molar-refractivity contribution is 6.20. The summed E-state index contributed by atoms with van der Waals surface area (Å²) in [6.07, 6.45) is 7.16. The first kappa shape index (κ1) is 18.1. The molecule has 2 aromatic rings. The van der Waals surface area contributed by atoms with Crippen LogP contribution in [0.25, 0.3) is 0 Å². The van der Waals surface area contributed by atoms with Gasteiger partial charge >= 0.3 is 11.8 Å². The van der Waals surface area contributed by atoms with Crippen molar-refractivity contribution < 1.29 is 15.0 Å². The van der Waals surface area contributed by atoms with Gasteiger partial charge in [-0.3, -0.25) is 4.79 Å². The number of anilines is 1. The number of rotatable bonds is 1. The number of aliphatic hydroxyl groups is 2. The number of hydrogen-bond donors (Lipinski definition) is 3. The van der Waals surface area contributed by atoms with Gasteiger partial charge in [-0.05, 0) is 25.1 Å². The van der Waals surface area contributed by atoms with Gasteiger partial charge in [0.1, 0.15) is 0 Å². The molecule has 3 rings (SSSR count). The molecule has 0 saturated heterocycles. The molecule has 0 bridgehead atoms. The van der Waals surface area contributed by atoms with E-state index in [-0.39, 0.29) is 5.71 Å². The fourth-order valence-electron chi connectivity index (χ4n) is 2.23. The van der Waals surface area contributed by atoms with E-state index in [1.54, 1.807) is 48.5 Å². The van der Waals surface area contributed by atoms with Crippen LogP contribution in [0.3, 0.4) is 0 Å². The Kier molecular flexibility index (Phi) is 5.50. The van der Waals surface area contributed by atoms with Crippen molar-refractivity contribution in [3.63, 3.8) is 0 Å². The number of hydrogen-bond acceptors (Lipinski definition) is 4. The van der Waals surface area contributed by atoms with Crippen molar-refractivity contribution >= 4 is 17.3 Å². The van der Waals surface area contributed by atoms with E-state index in [0.717, 1.165) is 0 Å². The largest absolute Gasteiger partial charge is 0.349 e. The van der Waals surface area contributed by atoms with Gasteiger partial charge in [0.15, 0.2) is 0 Å². The normalized spacial score (nSPS) is 14.5. The Balaban J connectivity index is 0.000000701. The van der Waals surface area contributed by atoms with Gasteiger partial charge in [-0.2, -0.15) is 0 Å². The molecule has 3 N–H and O–H groups in total. The minimum Gasteiger partial charge on any atom is -0.340 e. The van der Waals surface area contributed by atoms with Crippen LogP contribution in [-0.4, -0.2) is 27.7 Å². The zero-order chi connectivity index (χ0) is 18.4. The predicted molar refractivity (Wildman–Crippen MR) is 98.1 cm³/mol. The molecule has 0 radical (unpaired) electrons. The number of benzene rings is 2. The van der Waals surface area contributed by atoms with Gasteiger partial charge in [-0.25, -0.2) is 4.99 Å². The maximum absolute atomic E-state index is 11.9. The molecular weight excluding hydrogens is 316 g/mol. The summed E-state index contributed by atoms with van der Waals surface area (Å²) in [5.41, 5.74) is 2.45. The number of nitrogens with one attached hydrogen (secondary N) is 1. The monoisotopic (exact) mass is 334 g/mol. The third-order valence-corrected chi connectivity index (χ3v) is 3.31. The van der Waals surface area contributed by atoms with E-state index in [1.165, 1.54) is 0 Å². The van der Waals surface area contributed by atoms with Gasteiger partial charge < -0.3 is 15.5 Å². The van der Waals surface area contributed by atoms with Crippen LogP contribution in [-0.2, 0) is 4.79 Å². The molecule has 0 atom stereocenters. The maximum Gasteiger partial charge on any atom is 0.349 e. The molecule has 0 aliphatic carbocycles. The highest BCUT2D eigenvalue weighted by Crippen LogP contribution is 2.27. The molecule has 1 amide bonds. The number of fused-ring (bicyclic) bond motifs is 1. The number of nitrogens with zero attached hydrogens (tertiary/aromatic N) is 1. The Morgan fingerprint density at radius 3 is 2.48 bits per heavy atom. The average Bonchev–Trinajstić information content (AvgIpc) is 2.70. The lowest BCUT2D eigenvalue weighted by Crippen LogP contribution is -2.40. The van der Waals surface area contributed by atoms with Crippen LogP contribution in [0.1, 0.15) is 23.6 Å². The van der Waals surface area contributed by atoms with Gasteiger partial charge in [0, 0.05) is 16.7 Å². The number of aliphatic imine (C=N–C) groups is 1. The number of benzodiazepines with no additional fused rings is 1. The third kappa shape index (κ3) is 4.01. The van der Waals surface area contributed by atoms with Crippen molar-refractivity contribution in [1.29, 1.82) is 0 Å². The molecule has 1 heterocycles. The lowest BCUT2D eigenvalue weighted by atomic mass is 9.98. The Bertz CT molecular complexity index is 862. The van der Waals surface area contributed by atoms with E-state index in [2.05, 4.69) is 22.8 Å². The van der Waals surface area contributed by atoms with Crippen LogP contribution in [0.4, 0.5) is 5.69 Å². The molecule has 5 nitrogen and oxygen atoms in total. The Hall–Kier alpha value is -3.20. The van der Waals surface area contributed by atoms with Gasteiger partial charge in [-0.1, -0.05) is 42.3 Å². The van der Waals surface area contributed by atoms with Gasteiger partial charge in [0.25, 0.3) is 0 Å². The van der Waals surface area contributed by atoms with Crippen LogP contribution >= 0.6 is 0 Å². The Morgan fingerprint density at radius 1 is 1.24 bits per heavy atom. The van der Waals surface area contributed by atoms with E-state index in [0.29, 0.717) is 22.4 Å². The van der Waals surface area contributed by atoms with Gasteiger partial charge in [0.2, 0.25) is 0 Å². The van der Waals surface area contributed by atoms with E-state index in [1.807, 2.05) is 13.0 Å². The van der Waals surface area contributed by atoms with Crippen molar-refractivity contribution in [2.24, 2.45) is 4.99 Å². The van der Waals surface area contributed by atoms with Crippen molar-refractivity contribution in [3.05, 3.63) is 77.9 Å². The van der Waals surface area contributed by atoms with Crippen molar-refractivity contribution in [2.45, 2.75) is 12.8 Å². The number of allylic oxidation sites excluding steroid dienone is 1. The molecule has 0 saturated carbocycles. The molecule has 0 aromatic heterocycles. The van der Waals surface area contributed by atoms with E-state index < -0.39 is 11.8 Å². The predicted octanol–water partition coefficient (Wildman–Crippen LogP) is 2.29. The number of terminal acetylenes is 1. The van der Waals surface area contributed by atoms with Gasteiger partial charge in [-0.15, -0.1) is 13.0 Å². The average molecular weight is 334 g/mol. The fourth-order valence-corrected chi connectivity index (χ4v) is 2.23. The lowest BCUT2D eigenvalue weighted by molar-refractivity contribution is -0.175. The summed E-state index contributed by atoms with van der Waals surface area (Å²) in [7, 11) is 0. The first-order valence-electron chi connectivity index (χ1n) is 7.52. The first-order chi connectivity index (χ1) is 11.9. The minimum atomic E-state index is -2.85. The summed E-state index contributed by atoms with van der Waals surface area (Å²) >= 11 is 0. The second kappa shape index (κ2) is 7.58. The van der Waals surface area contributed by atoms with Crippen LogP contribution < -0.4 is 5.32 Å². The van der Waals surface area contributed by atoms with Crippen LogP contribution in [0.2, 0.25) is 0 Å². The van der Waals surface area contributed by atoms with Crippen LogP contribution in [0.5, 0.6) is 0 Å². The van der Waals surface area contributed by atoms with Crippen molar-refractivity contribution in [3.8, 4) is 12.3 Å². The van der Waals surface area contributed by atoms with Gasteiger partial charge in [0.05, 0.1) is 11.4 Å². The first-order valence-corrected chi connectivity index (χ1v) is 7.52. The summed E-state index contributed by atoms with van der Waals surface area (Å²) in [6.45, 7) is 5.25. The summed E-state index contributed by atoms with van der Waals surface area (Å²) in [5, 5.41) is 22.2. The molecule has 0 spiro atoms. The van der Waals surface area contributed by atoms with Crippen molar-refractivity contribution in [1.82, 2.24) is 0 Å². The second-order valence-corrected chi connectivity index (χ2v) is 5.23. The third-order valence-electron chi connectivity index (χ3n) is 3.31. The molecule has 1 aliphatic rings. The van der Waals surface area contributed by atoms with E-state index in [4.69, 9.17) is 6.42 Å². The summed E-state index contributed by atoms with van der Waals surface area (Å²) in [4.78, 5) is 15.7. The number of carbonyl (C=O) groups is 1. The summed E-state index contributed by atoms with van der Waals surface area (Å²) in [5.74, 6) is -1.36. The Labute approximate surface area is 146 Å². The topological polar surface area (TPSA) is 81.9 Å². The Morgan fingerprint density at radius 2 is 1.88 bits per heavy atom. The second-order valence-electron chi connectivity index (χ2n) is 5.23. The highest BCUT2D eigenvalue weighted by Gasteiger charge is 2.37. The van der Waals surface area contributed by atoms with E-state index >= 15 is 0 Å². The number of carbonyl (C=O) groups excluding carboxylic acids is 1. The zero-order valence-corrected chi connectivity index (χ0v) is 13.7. The summed E-state index contributed by atoms with van der Waals surface area (Å²) < 4.78 is 0. The molecule has 0 fully saturated rings. The number of amides is 1. The van der Waals surface area contributed by atoms with Crippen molar-refractivity contribution in [2.75, 3.05) is 5.32 Å². The molecule has 0 unspecified atom stereocenters. The zero-order valence-electron chi connectivity index (χ0n) is 13.7. The molecule has 2 aromatic carbocycles. The molecular formula is C20H18N2O3. The molecule has 5 heteroatoms. The quantitative estimate of drug-likeness (QED) is 0.425. The smallest absolute Gasteiger partial charge is 0.340 e. The molecule has 126 valence electrons.